The first kappa shape index (κ1) is 16.3. The smallest absolute Gasteiger partial charge is 0.331 e. The topological polar surface area (TPSA) is 64.1 Å². The van der Waals surface area contributed by atoms with Crippen molar-refractivity contribution in [2.45, 2.75) is 19.4 Å². The van der Waals surface area contributed by atoms with Gasteiger partial charge in [-0.05, 0) is 24.6 Å². The van der Waals surface area contributed by atoms with E-state index in [4.69, 9.17) is 16.3 Å². The van der Waals surface area contributed by atoms with Gasteiger partial charge in [0.25, 0.3) is 5.56 Å². The lowest BCUT2D eigenvalue weighted by Gasteiger charge is -2.16. The van der Waals surface area contributed by atoms with Crippen molar-refractivity contribution in [1.82, 2.24) is 9.78 Å². The van der Waals surface area contributed by atoms with Crippen molar-refractivity contribution < 1.29 is 9.53 Å². The molecule has 0 fully saturated rings. The van der Waals surface area contributed by atoms with Crippen molar-refractivity contribution in [3.05, 3.63) is 69.5 Å². The van der Waals surface area contributed by atoms with Gasteiger partial charge in [0, 0.05) is 6.42 Å². The third-order valence-corrected chi connectivity index (χ3v) is 4.15. The van der Waals surface area contributed by atoms with Crippen LogP contribution in [0.2, 0.25) is 5.02 Å². The molecule has 0 amide bonds. The number of carbonyl (C=O) groups excluding carboxylic acids is 1. The van der Waals surface area contributed by atoms with Crippen LogP contribution in [0, 0.1) is 0 Å². The molecule has 124 valence electrons. The SMILES string of the molecule is CCOC(=O)C(Cc1ccccc1)n1[nH]c2c(Cl)cccc2c1=O. The van der Waals surface area contributed by atoms with Crippen LogP contribution in [0.1, 0.15) is 18.5 Å². The highest BCUT2D eigenvalue weighted by Gasteiger charge is 2.26. The Bertz CT molecular complexity index is 915. The van der Waals surface area contributed by atoms with Gasteiger partial charge in [-0.2, -0.15) is 0 Å². The molecule has 0 aliphatic rings. The number of ether oxygens (including phenoxy) is 1. The van der Waals surface area contributed by atoms with Crippen molar-refractivity contribution in [3.63, 3.8) is 0 Å². The summed E-state index contributed by atoms with van der Waals surface area (Å²) in [5.41, 5.74) is 1.17. The third kappa shape index (κ3) is 3.08. The van der Waals surface area contributed by atoms with E-state index in [1.807, 2.05) is 30.3 Å². The van der Waals surface area contributed by atoms with Crippen LogP contribution in [-0.4, -0.2) is 22.4 Å². The van der Waals surface area contributed by atoms with Gasteiger partial charge in [-0.1, -0.05) is 48.0 Å². The van der Waals surface area contributed by atoms with Gasteiger partial charge < -0.3 is 4.74 Å². The molecule has 5 nitrogen and oxygen atoms in total. The number of H-pyrrole nitrogens is 1. The Kier molecular flexibility index (Phi) is 4.71. The predicted octanol–water partition coefficient (Wildman–Crippen LogP) is 3.33. The number of fused-ring (bicyclic) bond motifs is 1. The van der Waals surface area contributed by atoms with Gasteiger partial charge in [-0.3, -0.25) is 9.89 Å². The summed E-state index contributed by atoms with van der Waals surface area (Å²) >= 11 is 6.15. The lowest BCUT2D eigenvalue weighted by molar-refractivity contribution is -0.147. The molecule has 0 aliphatic heterocycles. The number of benzene rings is 2. The number of aromatic nitrogens is 2. The minimum Gasteiger partial charge on any atom is -0.464 e. The van der Waals surface area contributed by atoms with E-state index in [0.29, 0.717) is 22.3 Å². The first-order chi connectivity index (χ1) is 11.6. The van der Waals surface area contributed by atoms with Crippen LogP contribution >= 0.6 is 11.6 Å². The van der Waals surface area contributed by atoms with Crippen molar-refractivity contribution in [2.75, 3.05) is 6.61 Å². The van der Waals surface area contributed by atoms with Gasteiger partial charge in [-0.25, -0.2) is 9.48 Å². The molecule has 0 saturated heterocycles. The fraction of sp³-hybridized carbons (Fsp3) is 0.222. The summed E-state index contributed by atoms with van der Waals surface area (Å²) in [6, 6.07) is 13.8. The number of halogens is 1. The summed E-state index contributed by atoms with van der Waals surface area (Å²) in [4.78, 5) is 25.1. The average Bonchev–Trinajstić information content (AvgIpc) is 2.92. The van der Waals surface area contributed by atoms with E-state index in [-0.39, 0.29) is 12.2 Å². The normalized spacial score (nSPS) is 12.2. The number of nitrogens with one attached hydrogen (secondary N) is 1. The molecule has 3 rings (SSSR count). The fourth-order valence-electron chi connectivity index (χ4n) is 2.69. The number of hydrogen-bond donors (Lipinski definition) is 1. The zero-order chi connectivity index (χ0) is 17.1. The molecule has 1 atom stereocenters. The second kappa shape index (κ2) is 6.93. The first-order valence-electron chi connectivity index (χ1n) is 7.71. The van der Waals surface area contributed by atoms with Crippen LogP contribution in [0.4, 0.5) is 0 Å². The van der Waals surface area contributed by atoms with Gasteiger partial charge in [0.15, 0.2) is 6.04 Å². The summed E-state index contributed by atoms with van der Waals surface area (Å²) in [5, 5.41) is 3.85. The minimum absolute atomic E-state index is 0.250. The van der Waals surface area contributed by atoms with Gasteiger partial charge in [-0.15, -0.1) is 0 Å². The summed E-state index contributed by atoms with van der Waals surface area (Å²) in [7, 11) is 0. The fourth-order valence-corrected chi connectivity index (χ4v) is 2.91. The van der Waals surface area contributed by atoms with Crippen LogP contribution in [-0.2, 0) is 16.0 Å². The highest BCUT2D eigenvalue weighted by Crippen LogP contribution is 2.21. The molecule has 0 spiro atoms. The Balaban J connectivity index is 2.08. The number of hydrogen-bond acceptors (Lipinski definition) is 3. The quantitative estimate of drug-likeness (QED) is 0.722. The highest BCUT2D eigenvalue weighted by molar-refractivity contribution is 6.35. The molecule has 6 heteroatoms. The molecule has 24 heavy (non-hydrogen) atoms. The molecule has 2 aromatic carbocycles. The number of carbonyl (C=O) groups is 1. The molecule has 3 aromatic rings. The van der Waals surface area contributed by atoms with Crippen molar-refractivity contribution in [1.29, 1.82) is 0 Å². The lowest BCUT2D eigenvalue weighted by atomic mass is 10.1. The number of esters is 1. The zero-order valence-corrected chi connectivity index (χ0v) is 13.9. The second-order valence-corrected chi connectivity index (χ2v) is 5.81. The zero-order valence-electron chi connectivity index (χ0n) is 13.2. The molecule has 1 N–H and O–H groups in total. The van der Waals surface area contributed by atoms with Crippen LogP contribution in [0.5, 0.6) is 0 Å². The Labute approximate surface area is 143 Å². The van der Waals surface area contributed by atoms with Crippen LogP contribution in [0.15, 0.2) is 53.3 Å². The maximum Gasteiger partial charge on any atom is 0.331 e. The van der Waals surface area contributed by atoms with Gasteiger partial charge in [0.1, 0.15) is 0 Å². The molecular formula is C18H17ClN2O3. The minimum atomic E-state index is -0.775. The van der Waals surface area contributed by atoms with E-state index in [1.165, 1.54) is 4.68 Å². The number of rotatable bonds is 5. The lowest BCUT2D eigenvalue weighted by Crippen LogP contribution is -2.31. The standard InChI is InChI=1S/C18H17ClN2O3/c1-2-24-18(23)15(11-12-7-4-3-5-8-12)21-17(22)13-9-6-10-14(19)16(13)20-21/h3-10,15,20H,2,11H2,1H3. The van der Waals surface area contributed by atoms with E-state index < -0.39 is 12.0 Å². The molecule has 1 unspecified atom stereocenters. The third-order valence-electron chi connectivity index (χ3n) is 3.84. The Morgan fingerprint density at radius 3 is 2.62 bits per heavy atom. The monoisotopic (exact) mass is 344 g/mol. The van der Waals surface area contributed by atoms with Crippen molar-refractivity contribution in [3.8, 4) is 0 Å². The molecule has 0 saturated carbocycles. The number of para-hydroxylation sites is 1. The number of aromatic amines is 1. The molecule has 0 radical (unpaired) electrons. The molecule has 0 aliphatic carbocycles. The van der Waals surface area contributed by atoms with E-state index in [0.717, 1.165) is 5.56 Å². The molecular weight excluding hydrogens is 328 g/mol. The largest absolute Gasteiger partial charge is 0.464 e. The van der Waals surface area contributed by atoms with Crippen LogP contribution in [0.25, 0.3) is 10.9 Å². The summed E-state index contributed by atoms with van der Waals surface area (Å²) in [5.74, 6) is -0.453. The first-order valence-corrected chi connectivity index (χ1v) is 8.09. The molecule has 1 aromatic heterocycles. The summed E-state index contributed by atoms with van der Waals surface area (Å²) < 4.78 is 6.47. The van der Waals surface area contributed by atoms with Gasteiger partial charge >= 0.3 is 5.97 Å². The Morgan fingerprint density at radius 1 is 1.21 bits per heavy atom. The second-order valence-electron chi connectivity index (χ2n) is 5.41. The van der Waals surface area contributed by atoms with E-state index in [2.05, 4.69) is 5.10 Å². The summed E-state index contributed by atoms with van der Waals surface area (Å²) in [6.07, 6.45) is 0.351. The maximum atomic E-state index is 12.7. The van der Waals surface area contributed by atoms with Gasteiger partial charge in [0.2, 0.25) is 0 Å². The summed E-state index contributed by atoms with van der Waals surface area (Å²) in [6.45, 7) is 1.99. The molecule has 1 heterocycles. The predicted molar refractivity (Wildman–Crippen MR) is 93.4 cm³/mol. The maximum absolute atomic E-state index is 12.7. The Hall–Kier alpha value is -2.53. The average molecular weight is 345 g/mol. The van der Waals surface area contributed by atoms with Crippen LogP contribution < -0.4 is 5.56 Å². The van der Waals surface area contributed by atoms with Crippen molar-refractivity contribution >= 4 is 28.5 Å². The highest BCUT2D eigenvalue weighted by atomic mass is 35.5. The van der Waals surface area contributed by atoms with Crippen LogP contribution in [0.3, 0.4) is 0 Å². The Morgan fingerprint density at radius 2 is 1.96 bits per heavy atom. The van der Waals surface area contributed by atoms with Gasteiger partial charge in [0.05, 0.1) is 22.5 Å². The van der Waals surface area contributed by atoms with E-state index in [9.17, 15) is 9.59 Å². The van der Waals surface area contributed by atoms with Crippen molar-refractivity contribution in [2.24, 2.45) is 0 Å². The molecule has 0 bridgehead atoms. The van der Waals surface area contributed by atoms with E-state index >= 15 is 0 Å². The number of nitrogens with zero attached hydrogens (tertiary/aromatic N) is 1. The van der Waals surface area contributed by atoms with E-state index in [1.54, 1.807) is 25.1 Å².